The van der Waals surface area contributed by atoms with E-state index in [1.54, 1.807) is 11.9 Å². The normalized spacial score (nSPS) is 14.6. The Hall–Kier alpha value is -1.10. The minimum Gasteiger partial charge on any atom is -0.493 e. The molecule has 0 fully saturated rings. The Balaban J connectivity index is 2.03. The number of rotatable bonds is 6. The van der Waals surface area contributed by atoms with E-state index in [9.17, 15) is 10.2 Å². The molecule has 4 nitrogen and oxygen atoms in total. The van der Waals surface area contributed by atoms with Crippen molar-refractivity contribution in [3.63, 3.8) is 0 Å². The van der Waals surface area contributed by atoms with Crippen molar-refractivity contribution in [2.75, 3.05) is 20.2 Å². The van der Waals surface area contributed by atoms with Crippen LogP contribution in [0.3, 0.4) is 0 Å². The van der Waals surface area contributed by atoms with E-state index >= 15 is 0 Å². The molecule has 1 heterocycles. The van der Waals surface area contributed by atoms with Crippen LogP contribution in [0.4, 0.5) is 0 Å². The first-order valence-corrected chi connectivity index (χ1v) is 6.93. The lowest BCUT2D eigenvalue weighted by Crippen LogP contribution is -2.48. The van der Waals surface area contributed by atoms with E-state index in [-0.39, 0.29) is 6.42 Å². The van der Waals surface area contributed by atoms with Gasteiger partial charge in [0.05, 0.1) is 6.61 Å². The first-order valence-electron chi connectivity index (χ1n) is 6.93. The molecule has 1 aliphatic rings. The molecule has 1 aliphatic heterocycles. The quantitative estimate of drug-likeness (QED) is 0.766. The van der Waals surface area contributed by atoms with Crippen molar-refractivity contribution in [1.82, 2.24) is 4.90 Å². The fraction of sp³-hybridized carbons (Fsp3) is 0.600. The zero-order valence-electron chi connectivity index (χ0n) is 11.7. The summed E-state index contributed by atoms with van der Waals surface area (Å²) in [5.74, 6) is -0.924. The number of fused-ring (bicyclic) bond motifs is 1. The molecule has 19 heavy (non-hydrogen) atoms. The first kappa shape index (κ1) is 14.3. The topological polar surface area (TPSA) is 52.9 Å². The largest absolute Gasteiger partial charge is 0.493 e. The summed E-state index contributed by atoms with van der Waals surface area (Å²) in [4.78, 5) is 1.59. The maximum absolute atomic E-state index is 10.2. The Morgan fingerprint density at radius 3 is 2.89 bits per heavy atom. The van der Waals surface area contributed by atoms with Gasteiger partial charge >= 0.3 is 0 Å². The fourth-order valence-electron chi connectivity index (χ4n) is 2.30. The van der Waals surface area contributed by atoms with Gasteiger partial charge in [-0.3, -0.25) is 4.90 Å². The van der Waals surface area contributed by atoms with Gasteiger partial charge in [-0.1, -0.05) is 25.5 Å². The molecule has 0 unspecified atom stereocenters. The van der Waals surface area contributed by atoms with E-state index < -0.39 is 5.91 Å². The highest BCUT2D eigenvalue weighted by Crippen LogP contribution is 2.27. The van der Waals surface area contributed by atoms with Gasteiger partial charge in [-0.25, -0.2) is 0 Å². The van der Waals surface area contributed by atoms with Crippen molar-refractivity contribution in [3.8, 4) is 5.75 Å². The Morgan fingerprint density at radius 2 is 2.16 bits per heavy atom. The average molecular weight is 265 g/mol. The number of hydrogen-bond donors (Lipinski definition) is 2. The lowest BCUT2D eigenvalue weighted by atomic mass is 10.0. The molecule has 0 aliphatic carbocycles. The molecule has 0 bridgehead atoms. The standard InChI is InChI=1S/C15H23NO3/c1-3-4-8-16(2)15(17,18)11-12-5-6-13-7-9-19-14(13)10-12/h5-6,10,17-18H,3-4,7-9,11H2,1-2H3. The third-order valence-electron chi connectivity index (χ3n) is 3.66. The molecule has 0 radical (unpaired) electrons. The van der Waals surface area contributed by atoms with Crippen LogP contribution < -0.4 is 4.74 Å². The van der Waals surface area contributed by atoms with Gasteiger partial charge in [-0.05, 0) is 30.7 Å². The zero-order chi connectivity index (χ0) is 13.9. The Kier molecular flexibility index (Phi) is 4.45. The summed E-state index contributed by atoms with van der Waals surface area (Å²) >= 11 is 0. The monoisotopic (exact) mass is 265 g/mol. The van der Waals surface area contributed by atoms with Gasteiger partial charge in [0.1, 0.15) is 5.75 Å². The molecule has 0 aromatic heterocycles. The Bertz CT molecular complexity index is 431. The van der Waals surface area contributed by atoms with Crippen molar-refractivity contribution >= 4 is 0 Å². The Morgan fingerprint density at radius 1 is 1.37 bits per heavy atom. The number of nitrogens with zero attached hydrogens (tertiary/aromatic N) is 1. The molecule has 0 spiro atoms. The molecule has 1 aromatic rings. The van der Waals surface area contributed by atoms with Crippen LogP contribution in [0.5, 0.6) is 5.75 Å². The second-order valence-corrected chi connectivity index (χ2v) is 5.27. The van der Waals surface area contributed by atoms with E-state index in [0.717, 1.165) is 37.2 Å². The maximum Gasteiger partial charge on any atom is 0.228 e. The molecule has 0 saturated heterocycles. The van der Waals surface area contributed by atoms with Gasteiger partial charge in [0.2, 0.25) is 5.91 Å². The van der Waals surface area contributed by atoms with Crippen LogP contribution in [0.2, 0.25) is 0 Å². The van der Waals surface area contributed by atoms with Crippen LogP contribution in [0.25, 0.3) is 0 Å². The number of benzene rings is 1. The van der Waals surface area contributed by atoms with Gasteiger partial charge in [0.15, 0.2) is 0 Å². The molecular formula is C15H23NO3. The third-order valence-corrected chi connectivity index (χ3v) is 3.66. The summed E-state index contributed by atoms with van der Waals surface area (Å²) in [6, 6.07) is 5.87. The maximum atomic E-state index is 10.2. The SMILES string of the molecule is CCCCN(C)C(O)(O)Cc1ccc2c(c1)OCC2. The average Bonchev–Trinajstić information content (AvgIpc) is 2.82. The highest BCUT2D eigenvalue weighted by molar-refractivity contribution is 5.40. The van der Waals surface area contributed by atoms with E-state index in [2.05, 4.69) is 6.92 Å². The Labute approximate surface area is 114 Å². The van der Waals surface area contributed by atoms with Crippen molar-refractivity contribution in [3.05, 3.63) is 29.3 Å². The van der Waals surface area contributed by atoms with Crippen LogP contribution in [-0.2, 0) is 12.8 Å². The van der Waals surface area contributed by atoms with Crippen molar-refractivity contribution in [2.45, 2.75) is 38.5 Å². The van der Waals surface area contributed by atoms with E-state index in [1.165, 1.54) is 5.56 Å². The van der Waals surface area contributed by atoms with Gasteiger partial charge < -0.3 is 14.9 Å². The van der Waals surface area contributed by atoms with Crippen LogP contribution >= 0.6 is 0 Å². The first-order chi connectivity index (χ1) is 9.03. The number of unbranched alkanes of at least 4 members (excludes halogenated alkanes) is 1. The number of likely N-dealkylation sites (N-methyl/N-ethyl adjacent to an activating group) is 1. The van der Waals surface area contributed by atoms with Crippen molar-refractivity contribution < 1.29 is 14.9 Å². The van der Waals surface area contributed by atoms with Crippen LogP contribution in [0.1, 0.15) is 30.9 Å². The molecule has 0 atom stereocenters. The van der Waals surface area contributed by atoms with E-state index in [1.807, 2.05) is 18.2 Å². The molecule has 1 aromatic carbocycles. The number of ether oxygens (including phenoxy) is 1. The second kappa shape index (κ2) is 5.90. The number of aliphatic hydroxyl groups is 2. The van der Waals surface area contributed by atoms with E-state index in [4.69, 9.17) is 4.74 Å². The van der Waals surface area contributed by atoms with Crippen LogP contribution in [0.15, 0.2) is 18.2 Å². The van der Waals surface area contributed by atoms with E-state index in [0.29, 0.717) is 6.54 Å². The summed E-state index contributed by atoms with van der Waals surface area (Å²) in [5.41, 5.74) is 2.08. The summed E-state index contributed by atoms with van der Waals surface area (Å²) in [6.07, 6.45) is 3.11. The second-order valence-electron chi connectivity index (χ2n) is 5.27. The predicted molar refractivity (Wildman–Crippen MR) is 74.1 cm³/mol. The molecular weight excluding hydrogens is 242 g/mol. The van der Waals surface area contributed by atoms with Crippen molar-refractivity contribution in [2.24, 2.45) is 0 Å². The summed E-state index contributed by atoms with van der Waals surface area (Å²) in [5, 5.41) is 20.3. The van der Waals surface area contributed by atoms with Crippen molar-refractivity contribution in [1.29, 1.82) is 0 Å². The van der Waals surface area contributed by atoms with Crippen LogP contribution in [-0.4, -0.2) is 41.2 Å². The highest BCUT2D eigenvalue weighted by Gasteiger charge is 2.29. The highest BCUT2D eigenvalue weighted by atomic mass is 16.5. The minimum absolute atomic E-state index is 0.184. The van der Waals surface area contributed by atoms with Gasteiger partial charge in [-0.15, -0.1) is 0 Å². The number of hydrogen-bond acceptors (Lipinski definition) is 4. The summed E-state index contributed by atoms with van der Waals surface area (Å²) < 4.78 is 5.50. The molecule has 4 heteroatoms. The molecule has 0 amide bonds. The molecule has 2 rings (SSSR count). The molecule has 2 N–H and O–H groups in total. The predicted octanol–water partition coefficient (Wildman–Crippen LogP) is 1.53. The molecule has 106 valence electrons. The summed E-state index contributed by atoms with van der Waals surface area (Å²) in [7, 11) is 1.74. The molecule has 0 saturated carbocycles. The lowest BCUT2D eigenvalue weighted by molar-refractivity contribution is -0.255. The van der Waals surface area contributed by atoms with Gasteiger partial charge in [0.25, 0.3) is 0 Å². The van der Waals surface area contributed by atoms with Crippen LogP contribution in [0, 0.1) is 0 Å². The lowest BCUT2D eigenvalue weighted by Gasteiger charge is -2.32. The van der Waals surface area contributed by atoms with Gasteiger partial charge in [0, 0.05) is 19.4 Å². The smallest absolute Gasteiger partial charge is 0.228 e. The van der Waals surface area contributed by atoms with Gasteiger partial charge in [-0.2, -0.15) is 0 Å². The summed E-state index contributed by atoms with van der Waals surface area (Å²) in [6.45, 7) is 3.48. The fourth-order valence-corrected chi connectivity index (χ4v) is 2.30. The third kappa shape index (κ3) is 3.47. The minimum atomic E-state index is -1.80. The zero-order valence-corrected chi connectivity index (χ0v) is 11.7.